The second-order valence-electron chi connectivity index (χ2n) is 5.28. The molecule has 1 N–H and O–H groups in total. The quantitative estimate of drug-likeness (QED) is 0.773. The summed E-state index contributed by atoms with van der Waals surface area (Å²) in [5.74, 6) is 1.82. The van der Waals surface area contributed by atoms with E-state index in [1.165, 1.54) is 0 Å². The summed E-state index contributed by atoms with van der Waals surface area (Å²) in [6.07, 6.45) is 1.10. The van der Waals surface area contributed by atoms with Crippen molar-refractivity contribution in [3.63, 3.8) is 0 Å². The van der Waals surface area contributed by atoms with Crippen molar-refractivity contribution in [1.82, 2.24) is 19.8 Å². The highest BCUT2D eigenvalue weighted by Gasteiger charge is 2.06. The molecule has 0 aromatic carbocycles. The largest absolute Gasteiger partial charge is 0.370 e. The Morgan fingerprint density at radius 1 is 1.16 bits per heavy atom. The van der Waals surface area contributed by atoms with Crippen LogP contribution in [0.25, 0.3) is 0 Å². The van der Waals surface area contributed by atoms with Crippen molar-refractivity contribution < 1.29 is 0 Å². The molecule has 0 bridgehead atoms. The Hall–Kier alpha value is -1.20. The summed E-state index contributed by atoms with van der Waals surface area (Å²) in [5.41, 5.74) is 1.02. The zero-order valence-electron chi connectivity index (χ0n) is 12.9. The highest BCUT2D eigenvalue weighted by molar-refractivity contribution is 5.35. The fourth-order valence-corrected chi connectivity index (χ4v) is 1.74. The third-order valence-electron chi connectivity index (χ3n) is 2.80. The topological polar surface area (TPSA) is 44.3 Å². The van der Waals surface area contributed by atoms with Crippen LogP contribution < -0.4 is 5.32 Å². The molecular weight excluding hydrogens is 238 g/mol. The predicted molar refractivity (Wildman–Crippen MR) is 80.4 cm³/mol. The third-order valence-corrected chi connectivity index (χ3v) is 2.80. The van der Waals surface area contributed by atoms with Crippen LogP contribution in [0.3, 0.4) is 0 Å². The zero-order chi connectivity index (χ0) is 14.3. The molecule has 0 saturated heterocycles. The molecular formula is C14H27N5. The maximum atomic E-state index is 4.56. The summed E-state index contributed by atoms with van der Waals surface area (Å²) in [7, 11) is 6.28. The van der Waals surface area contributed by atoms with Gasteiger partial charge in [0.15, 0.2) is 0 Å². The van der Waals surface area contributed by atoms with Gasteiger partial charge in [0.25, 0.3) is 0 Å². The molecule has 0 unspecified atom stereocenters. The van der Waals surface area contributed by atoms with Gasteiger partial charge < -0.3 is 10.2 Å². The van der Waals surface area contributed by atoms with Crippen molar-refractivity contribution in [1.29, 1.82) is 0 Å². The summed E-state index contributed by atoms with van der Waals surface area (Å²) in [5, 5.41) is 3.32. The maximum absolute atomic E-state index is 4.56. The van der Waals surface area contributed by atoms with Crippen molar-refractivity contribution in [2.24, 2.45) is 0 Å². The number of nitrogens with one attached hydrogen (secondary N) is 1. The van der Waals surface area contributed by atoms with Crippen molar-refractivity contribution in [2.75, 3.05) is 46.1 Å². The van der Waals surface area contributed by atoms with E-state index in [2.05, 4.69) is 53.2 Å². The molecule has 1 heterocycles. The first kappa shape index (κ1) is 15.9. The molecule has 0 atom stereocenters. The third kappa shape index (κ3) is 6.50. The van der Waals surface area contributed by atoms with Gasteiger partial charge in [-0.05, 0) is 34.5 Å². The molecule has 0 saturated carbocycles. The first-order chi connectivity index (χ1) is 9.01. The Bertz CT molecular complexity index is 378. The molecule has 108 valence electrons. The Morgan fingerprint density at radius 2 is 1.89 bits per heavy atom. The zero-order valence-corrected chi connectivity index (χ0v) is 12.9. The maximum Gasteiger partial charge on any atom is 0.144 e. The summed E-state index contributed by atoms with van der Waals surface area (Å²) in [6.45, 7) is 7.97. The van der Waals surface area contributed by atoms with Crippen molar-refractivity contribution >= 4 is 5.82 Å². The minimum Gasteiger partial charge on any atom is -0.370 e. The van der Waals surface area contributed by atoms with Crippen molar-refractivity contribution in [3.05, 3.63) is 17.6 Å². The van der Waals surface area contributed by atoms with Crippen molar-refractivity contribution in [2.45, 2.75) is 26.8 Å². The molecule has 0 aliphatic rings. The van der Waals surface area contributed by atoms with E-state index in [-0.39, 0.29) is 0 Å². The lowest BCUT2D eigenvalue weighted by Gasteiger charge is -2.19. The number of rotatable bonds is 8. The van der Waals surface area contributed by atoms with Crippen molar-refractivity contribution in [3.8, 4) is 0 Å². The molecule has 1 rings (SSSR count). The van der Waals surface area contributed by atoms with E-state index < -0.39 is 0 Å². The van der Waals surface area contributed by atoms with Gasteiger partial charge in [0.05, 0.1) is 6.54 Å². The van der Waals surface area contributed by atoms with Gasteiger partial charge in [0.2, 0.25) is 0 Å². The molecule has 0 amide bonds. The molecule has 0 aliphatic carbocycles. The van der Waals surface area contributed by atoms with Crippen LogP contribution in [0.1, 0.15) is 24.9 Å². The first-order valence-corrected chi connectivity index (χ1v) is 6.93. The molecule has 19 heavy (non-hydrogen) atoms. The number of anilines is 1. The van der Waals surface area contributed by atoms with E-state index in [9.17, 15) is 0 Å². The van der Waals surface area contributed by atoms with E-state index in [1.54, 1.807) is 0 Å². The number of hydrogen-bond acceptors (Lipinski definition) is 5. The first-order valence-electron chi connectivity index (χ1n) is 6.93. The Morgan fingerprint density at radius 3 is 2.53 bits per heavy atom. The van der Waals surface area contributed by atoms with Crippen LogP contribution in [0.4, 0.5) is 5.82 Å². The highest BCUT2D eigenvalue weighted by atomic mass is 15.2. The van der Waals surface area contributed by atoms with Gasteiger partial charge in [-0.1, -0.05) is 6.92 Å². The lowest BCUT2D eigenvalue weighted by atomic mass is 10.3. The van der Waals surface area contributed by atoms with Gasteiger partial charge >= 0.3 is 0 Å². The summed E-state index contributed by atoms with van der Waals surface area (Å²) >= 11 is 0. The monoisotopic (exact) mass is 265 g/mol. The Kier molecular flexibility index (Phi) is 6.73. The summed E-state index contributed by atoms with van der Waals surface area (Å²) in [4.78, 5) is 13.5. The fraction of sp³-hybridized carbons (Fsp3) is 0.714. The van der Waals surface area contributed by atoms with Crippen LogP contribution in [-0.2, 0) is 6.54 Å². The molecule has 5 heteroatoms. The van der Waals surface area contributed by atoms with Crippen LogP contribution in [0.5, 0.6) is 0 Å². The Labute approximate surface area is 117 Å². The van der Waals surface area contributed by atoms with Gasteiger partial charge in [-0.25, -0.2) is 9.97 Å². The number of nitrogens with zero attached hydrogens (tertiary/aromatic N) is 4. The average Bonchev–Trinajstić information content (AvgIpc) is 2.33. The predicted octanol–water partition coefficient (Wildman–Crippen LogP) is 1.60. The number of aryl methyl sites for hydroxylation is 1. The second-order valence-corrected chi connectivity index (χ2v) is 5.28. The smallest absolute Gasteiger partial charge is 0.144 e. The van der Waals surface area contributed by atoms with E-state index in [0.29, 0.717) is 0 Å². The SMILES string of the molecule is CCCNc1cc(C)nc(CN(C)CCN(C)C)n1. The molecule has 0 fully saturated rings. The Balaban J connectivity index is 2.59. The number of likely N-dealkylation sites (N-methyl/N-ethyl adjacent to an activating group) is 2. The molecule has 0 aliphatic heterocycles. The van der Waals surface area contributed by atoms with E-state index in [0.717, 1.165) is 49.9 Å². The molecule has 1 aromatic rings. The van der Waals surface area contributed by atoms with E-state index in [1.807, 2.05) is 13.0 Å². The minimum absolute atomic E-state index is 0.788. The van der Waals surface area contributed by atoms with Crippen LogP contribution in [0.15, 0.2) is 6.07 Å². The van der Waals surface area contributed by atoms with Crippen LogP contribution >= 0.6 is 0 Å². The molecule has 0 radical (unpaired) electrons. The normalized spacial score (nSPS) is 11.3. The summed E-state index contributed by atoms with van der Waals surface area (Å²) in [6, 6.07) is 2.00. The lowest BCUT2D eigenvalue weighted by Crippen LogP contribution is -2.29. The lowest BCUT2D eigenvalue weighted by molar-refractivity contribution is 0.271. The van der Waals surface area contributed by atoms with Gasteiger partial charge in [-0.15, -0.1) is 0 Å². The molecule has 5 nitrogen and oxygen atoms in total. The van der Waals surface area contributed by atoms with Crippen LogP contribution in [0, 0.1) is 6.92 Å². The molecule has 1 aromatic heterocycles. The minimum atomic E-state index is 0.788. The fourth-order valence-electron chi connectivity index (χ4n) is 1.74. The average molecular weight is 265 g/mol. The van der Waals surface area contributed by atoms with Gasteiger partial charge in [0.1, 0.15) is 11.6 Å². The van der Waals surface area contributed by atoms with Crippen LogP contribution in [0.2, 0.25) is 0 Å². The van der Waals surface area contributed by atoms with E-state index >= 15 is 0 Å². The van der Waals surface area contributed by atoms with Crippen LogP contribution in [-0.4, -0.2) is 60.5 Å². The van der Waals surface area contributed by atoms with E-state index in [4.69, 9.17) is 0 Å². The standard InChI is InChI=1S/C14H27N5/c1-6-7-15-13-10-12(2)16-14(17-13)11-19(5)9-8-18(3)4/h10H,6-9,11H2,1-5H3,(H,15,16,17). The second kappa shape index (κ2) is 8.07. The molecule has 0 spiro atoms. The number of hydrogen-bond donors (Lipinski definition) is 1. The summed E-state index contributed by atoms with van der Waals surface area (Å²) < 4.78 is 0. The number of aromatic nitrogens is 2. The van der Waals surface area contributed by atoms with Gasteiger partial charge in [-0.2, -0.15) is 0 Å². The highest BCUT2D eigenvalue weighted by Crippen LogP contribution is 2.07. The van der Waals surface area contributed by atoms with Gasteiger partial charge in [-0.3, -0.25) is 4.90 Å². The van der Waals surface area contributed by atoms with Gasteiger partial charge in [0, 0.05) is 31.4 Å².